The van der Waals surface area contributed by atoms with E-state index in [0.29, 0.717) is 25.6 Å². The molecule has 28 heavy (non-hydrogen) atoms. The van der Waals surface area contributed by atoms with Crippen LogP contribution in [0.15, 0.2) is 0 Å². The Labute approximate surface area is 170 Å². The smallest absolute Gasteiger partial charge is 0.410 e. The molecule has 1 atom stereocenters. The Morgan fingerprint density at radius 1 is 0.964 bits per heavy atom. The fraction of sp³-hybridized carbons (Fsp3) is 0.905. The van der Waals surface area contributed by atoms with E-state index in [2.05, 4.69) is 11.8 Å². The Balaban J connectivity index is 1.66. The number of nitrogens with zero attached hydrogens (tertiary/aromatic N) is 3. The van der Waals surface area contributed by atoms with Crippen LogP contribution >= 0.6 is 0 Å². The molecular weight excluding hydrogens is 358 g/mol. The molecule has 0 saturated carbocycles. The summed E-state index contributed by atoms with van der Waals surface area (Å²) in [6.07, 6.45) is 4.67. The summed E-state index contributed by atoms with van der Waals surface area (Å²) in [5.74, 6) is 0.241. The Morgan fingerprint density at radius 3 is 2.32 bits per heavy atom. The molecule has 0 spiro atoms. The zero-order valence-corrected chi connectivity index (χ0v) is 18.2. The second kappa shape index (κ2) is 11.0. The fourth-order valence-corrected chi connectivity index (χ4v) is 3.66. The minimum atomic E-state index is -0.464. The first kappa shape index (κ1) is 22.9. The summed E-state index contributed by atoms with van der Waals surface area (Å²) in [6, 6.07) is 0. The average molecular weight is 398 g/mol. The summed E-state index contributed by atoms with van der Waals surface area (Å²) in [4.78, 5) is 30.8. The first-order valence-corrected chi connectivity index (χ1v) is 10.9. The molecule has 2 heterocycles. The lowest BCUT2D eigenvalue weighted by Gasteiger charge is -2.35. The second-order valence-corrected chi connectivity index (χ2v) is 8.86. The zero-order chi connectivity index (χ0) is 20.6. The number of carbonyl (C=O) groups is 2. The Morgan fingerprint density at radius 2 is 1.68 bits per heavy atom. The third-order valence-corrected chi connectivity index (χ3v) is 5.25. The van der Waals surface area contributed by atoms with Crippen LogP contribution in [0.25, 0.3) is 0 Å². The van der Waals surface area contributed by atoms with Crippen molar-refractivity contribution >= 4 is 12.0 Å². The van der Waals surface area contributed by atoms with Gasteiger partial charge in [0.15, 0.2) is 0 Å². The molecule has 2 rings (SSSR count). The number of ether oxygens (including phenoxy) is 2. The van der Waals surface area contributed by atoms with Crippen molar-refractivity contribution in [3.8, 4) is 0 Å². The third kappa shape index (κ3) is 7.95. The van der Waals surface area contributed by atoms with Gasteiger partial charge in [-0.2, -0.15) is 0 Å². The van der Waals surface area contributed by atoms with Crippen LogP contribution in [0.5, 0.6) is 0 Å². The largest absolute Gasteiger partial charge is 0.444 e. The van der Waals surface area contributed by atoms with Gasteiger partial charge in [0.1, 0.15) is 5.60 Å². The molecule has 0 unspecified atom stereocenters. The number of hydrogen-bond acceptors (Lipinski definition) is 5. The summed E-state index contributed by atoms with van der Waals surface area (Å²) in [7, 11) is 0. The molecule has 0 bridgehead atoms. The van der Waals surface area contributed by atoms with Crippen LogP contribution in [0, 0.1) is 0 Å². The maximum atomic E-state index is 12.6. The maximum Gasteiger partial charge on any atom is 0.410 e. The van der Waals surface area contributed by atoms with E-state index in [1.54, 1.807) is 4.90 Å². The lowest BCUT2D eigenvalue weighted by molar-refractivity contribution is -0.131. The number of rotatable bonds is 6. The molecule has 2 aliphatic heterocycles. The molecule has 2 aliphatic rings. The minimum absolute atomic E-state index is 0.241. The van der Waals surface area contributed by atoms with Gasteiger partial charge in [-0.3, -0.25) is 9.69 Å². The van der Waals surface area contributed by atoms with Crippen LogP contribution in [0.3, 0.4) is 0 Å². The fourth-order valence-electron chi connectivity index (χ4n) is 3.66. The predicted octanol–water partition coefficient (Wildman–Crippen LogP) is 2.74. The minimum Gasteiger partial charge on any atom is -0.444 e. The summed E-state index contributed by atoms with van der Waals surface area (Å²) >= 11 is 0. The molecule has 0 N–H and O–H groups in total. The molecule has 7 heteroatoms. The van der Waals surface area contributed by atoms with E-state index in [4.69, 9.17) is 9.47 Å². The third-order valence-electron chi connectivity index (χ3n) is 5.25. The van der Waals surface area contributed by atoms with Crippen LogP contribution in [-0.4, -0.2) is 90.8 Å². The lowest BCUT2D eigenvalue weighted by atomic mass is 10.2. The molecule has 2 saturated heterocycles. The first-order valence-electron chi connectivity index (χ1n) is 10.9. The van der Waals surface area contributed by atoms with E-state index in [-0.39, 0.29) is 12.0 Å². The predicted molar refractivity (Wildman–Crippen MR) is 109 cm³/mol. The molecule has 0 radical (unpaired) electrons. The number of hydrogen-bond donors (Lipinski definition) is 0. The van der Waals surface area contributed by atoms with Crippen molar-refractivity contribution in [2.24, 2.45) is 0 Å². The average Bonchev–Trinajstić information content (AvgIpc) is 2.89. The normalized spacial score (nSPS) is 22.1. The van der Waals surface area contributed by atoms with Crippen molar-refractivity contribution in [3.63, 3.8) is 0 Å². The number of likely N-dealkylation sites (tertiary alicyclic amines) is 1. The molecule has 0 aromatic heterocycles. The van der Waals surface area contributed by atoms with Crippen LogP contribution in [0.1, 0.15) is 59.8 Å². The molecule has 0 aliphatic carbocycles. The van der Waals surface area contributed by atoms with Crippen molar-refractivity contribution in [2.45, 2.75) is 71.5 Å². The second-order valence-electron chi connectivity index (χ2n) is 8.86. The Hall–Kier alpha value is -1.34. The summed E-state index contributed by atoms with van der Waals surface area (Å²) < 4.78 is 11.3. The van der Waals surface area contributed by atoms with Gasteiger partial charge in [0.2, 0.25) is 5.91 Å². The van der Waals surface area contributed by atoms with E-state index >= 15 is 0 Å². The van der Waals surface area contributed by atoms with Crippen molar-refractivity contribution in [1.29, 1.82) is 0 Å². The van der Waals surface area contributed by atoms with E-state index in [1.165, 1.54) is 0 Å². The van der Waals surface area contributed by atoms with E-state index in [1.807, 2.05) is 25.7 Å². The highest BCUT2D eigenvalue weighted by Gasteiger charge is 2.26. The SMILES string of the molecule is CCCO[C@@H]1CCCN(C(=O)CCN2CCN(C(=O)OC(C)(C)C)CC2)CC1. The molecular formula is C21H39N3O4. The Bertz CT molecular complexity index is 498. The first-order chi connectivity index (χ1) is 13.3. The molecule has 0 aromatic carbocycles. The topological polar surface area (TPSA) is 62.3 Å². The number of amides is 2. The number of piperazine rings is 1. The van der Waals surface area contributed by atoms with Crippen LogP contribution < -0.4 is 0 Å². The molecule has 7 nitrogen and oxygen atoms in total. The van der Waals surface area contributed by atoms with Crippen LogP contribution in [0.2, 0.25) is 0 Å². The highest BCUT2D eigenvalue weighted by molar-refractivity contribution is 5.76. The van der Waals surface area contributed by atoms with Gasteiger partial charge >= 0.3 is 6.09 Å². The van der Waals surface area contributed by atoms with Crippen LogP contribution in [0.4, 0.5) is 4.79 Å². The molecule has 162 valence electrons. The zero-order valence-electron chi connectivity index (χ0n) is 18.2. The van der Waals surface area contributed by atoms with Gasteiger partial charge in [0.05, 0.1) is 6.10 Å². The lowest BCUT2D eigenvalue weighted by Crippen LogP contribution is -2.50. The molecule has 0 aromatic rings. The summed E-state index contributed by atoms with van der Waals surface area (Å²) in [6.45, 7) is 13.9. The van der Waals surface area contributed by atoms with Crippen molar-refractivity contribution in [2.75, 3.05) is 52.4 Å². The van der Waals surface area contributed by atoms with E-state index < -0.39 is 5.60 Å². The van der Waals surface area contributed by atoms with Gasteiger partial charge < -0.3 is 19.3 Å². The van der Waals surface area contributed by atoms with Gasteiger partial charge in [-0.1, -0.05) is 6.92 Å². The monoisotopic (exact) mass is 397 g/mol. The van der Waals surface area contributed by atoms with Gasteiger partial charge in [0.25, 0.3) is 0 Å². The van der Waals surface area contributed by atoms with E-state index in [9.17, 15) is 9.59 Å². The van der Waals surface area contributed by atoms with Gasteiger partial charge in [-0.05, 0) is 46.5 Å². The van der Waals surface area contributed by atoms with Gasteiger partial charge in [0, 0.05) is 58.8 Å². The quantitative estimate of drug-likeness (QED) is 0.690. The van der Waals surface area contributed by atoms with Gasteiger partial charge in [-0.25, -0.2) is 4.79 Å². The van der Waals surface area contributed by atoms with Crippen LogP contribution in [-0.2, 0) is 14.3 Å². The van der Waals surface area contributed by atoms with Crippen molar-refractivity contribution < 1.29 is 19.1 Å². The number of carbonyl (C=O) groups excluding carboxylic acids is 2. The van der Waals surface area contributed by atoms with E-state index in [0.717, 1.165) is 65.0 Å². The van der Waals surface area contributed by atoms with Gasteiger partial charge in [-0.15, -0.1) is 0 Å². The summed E-state index contributed by atoms with van der Waals surface area (Å²) in [5, 5.41) is 0. The highest BCUT2D eigenvalue weighted by atomic mass is 16.6. The maximum absolute atomic E-state index is 12.6. The highest BCUT2D eigenvalue weighted by Crippen LogP contribution is 2.16. The molecule has 2 fully saturated rings. The summed E-state index contributed by atoms with van der Waals surface area (Å²) in [5.41, 5.74) is -0.464. The van der Waals surface area contributed by atoms with Crippen molar-refractivity contribution in [3.05, 3.63) is 0 Å². The Kier molecular flexibility index (Phi) is 9.02. The standard InChI is InChI=1S/C21H39N3O4/c1-5-17-27-18-7-6-10-23(12-8-18)19(25)9-11-22-13-15-24(16-14-22)20(26)28-21(2,3)4/h18H,5-17H2,1-4H3/t18-/m1/s1. The molecule has 2 amide bonds. The van der Waals surface area contributed by atoms with Crippen molar-refractivity contribution in [1.82, 2.24) is 14.7 Å².